The number of imidazole rings is 1. The third-order valence-corrected chi connectivity index (χ3v) is 7.77. The molecule has 160 valence electrons. The van der Waals surface area contributed by atoms with Crippen LogP contribution >= 0.6 is 11.3 Å². The number of benzene rings is 2. The molecular weight excluding hydrogens is 430 g/mol. The molecule has 4 rings (SSSR count). The number of nitrogens with one attached hydrogen (secondary N) is 1. The maximum absolute atomic E-state index is 12.9. The predicted octanol–water partition coefficient (Wildman–Crippen LogP) is 4.94. The summed E-state index contributed by atoms with van der Waals surface area (Å²) in [5.41, 5.74) is 3.83. The van der Waals surface area contributed by atoms with Crippen LogP contribution in [0.25, 0.3) is 4.96 Å². The fourth-order valence-electron chi connectivity index (χ4n) is 3.43. The monoisotopic (exact) mass is 453 g/mol. The number of nitrogens with zero attached hydrogens (tertiary/aromatic N) is 2. The quantitative estimate of drug-likeness (QED) is 0.402. The summed E-state index contributed by atoms with van der Waals surface area (Å²) in [6, 6.07) is 13.9. The first-order valence-electron chi connectivity index (χ1n) is 9.90. The molecule has 8 heteroatoms. The number of ketones is 1. The summed E-state index contributed by atoms with van der Waals surface area (Å²) in [6.07, 6.45) is 2.29. The number of anilines is 1. The predicted molar refractivity (Wildman–Crippen MR) is 124 cm³/mol. The lowest BCUT2D eigenvalue weighted by atomic mass is 10.0. The second-order valence-electron chi connectivity index (χ2n) is 7.50. The molecule has 0 spiro atoms. The number of rotatable bonds is 7. The van der Waals surface area contributed by atoms with Crippen molar-refractivity contribution in [3.05, 3.63) is 82.1 Å². The number of carbonyl (C=O) groups excluding carboxylic acids is 1. The fraction of sp³-hybridized carbons (Fsp3) is 0.217. The summed E-state index contributed by atoms with van der Waals surface area (Å²) in [5.74, 6) is -0.0235. The molecule has 0 saturated heterocycles. The highest BCUT2D eigenvalue weighted by Gasteiger charge is 2.19. The largest absolute Gasteiger partial charge is 0.292 e. The van der Waals surface area contributed by atoms with E-state index in [1.54, 1.807) is 53.9 Å². The van der Waals surface area contributed by atoms with Gasteiger partial charge in [0.05, 0.1) is 16.8 Å². The lowest BCUT2D eigenvalue weighted by Gasteiger charge is -2.13. The second-order valence-corrected chi connectivity index (χ2v) is 10.4. The molecule has 0 fully saturated rings. The van der Waals surface area contributed by atoms with Crippen molar-refractivity contribution in [2.45, 2.75) is 38.5 Å². The van der Waals surface area contributed by atoms with Crippen molar-refractivity contribution in [2.75, 3.05) is 4.72 Å². The topological polar surface area (TPSA) is 80.5 Å². The highest BCUT2D eigenvalue weighted by atomic mass is 32.2. The summed E-state index contributed by atoms with van der Waals surface area (Å²) >= 11 is 1.56. The molecule has 0 radical (unpaired) electrons. The number of hydrogen-bond acceptors (Lipinski definition) is 5. The van der Waals surface area contributed by atoms with Crippen molar-refractivity contribution >= 4 is 37.8 Å². The van der Waals surface area contributed by atoms with Gasteiger partial charge in [0.15, 0.2) is 10.7 Å². The Balaban J connectivity index is 1.53. The first-order chi connectivity index (χ1) is 14.8. The van der Waals surface area contributed by atoms with Gasteiger partial charge >= 0.3 is 0 Å². The Hall–Kier alpha value is -2.97. The van der Waals surface area contributed by atoms with Crippen molar-refractivity contribution in [1.82, 2.24) is 9.38 Å². The van der Waals surface area contributed by atoms with Crippen molar-refractivity contribution in [2.24, 2.45) is 0 Å². The van der Waals surface area contributed by atoms with Crippen LogP contribution in [-0.4, -0.2) is 23.6 Å². The number of aryl methyl sites for hydroxylation is 4. The molecule has 2 aromatic carbocycles. The van der Waals surface area contributed by atoms with Crippen LogP contribution in [-0.2, 0) is 16.4 Å². The molecule has 0 saturated carbocycles. The van der Waals surface area contributed by atoms with Crippen LogP contribution in [0.2, 0.25) is 0 Å². The second kappa shape index (κ2) is 8.28. The van der Waals surface area contributed by atoms with Gasteiger partial charge < -0.3 is 0 Å². The van der Waals surface area contributed by atoms with E-state index in [0.29, 0.717) is 17.8 Å². The molecule has 0 aliphatic carbocycles. The first kappa shape index (κ1) is 21.3. The molecule has 2 aromatic heterocycles. The van der Waals surface area contributed by atoms with Gasteiger partial charge in [-0.2, -0.15) is 0 Å². The van der Waals surface area contributed by atoms with Crippen LogP contribution in [0.5, 0.6) is 0 Å². The minimum atomic E-state index is -3.71. The summed E-state index contributed by atoms with van der Waals surface area (Å²) < 4.78 is 30.1. The third kappa shape index (κ3) is 4.26. The van der Waals surface area contributed by atoms with E-state index in [1.165, 1.54) is 0 Å². The van der Waals surface area contributed by atoms with Crippen molar-refractivity contribution < 1.29 is 13.2 Å². The van der Waals surface area contributed by atoms with Crippen molar-refractivity contribution in [3.8, 4) is 0 Å². The molecule has 1 N–H and O–H groups in total. The smallest absolute Gasteiger partial charge is 0.261 e. The molecule has 4 aromatic rings. The average Bonchev–Trinajstić information content (AvgIpc) is 3.27. The van der Waals surface area contributed by atoms with Gasteiger partial charge in [-0.1, -0.05) is 35.9 Å². The molecule has 0 atom stereocenters. The maximum atomic E-state index is 12.9. The van der Waals surface area contributed by atoms with Crippen LogP contribution in [0.4, 0.5) is 5.69 Å². The van der Waals surface area contributed by atoms with Crippen LogP contribution in [0.15, 0.2) is 59.6 Å². The molecule has 31 heavy (non-hydrogen) atoms. The van der Waals surface area contributed by atoms with E-state index < -0.39 is 10.0 Å². The first-order valence-corrected chi connectivity index (χ1v) is 12.2. The molecule has 0 amide bonds. The lowest BCUT2D eigenvalue weighted by molar-refractivity contribution is 0.0977. The van der Waals surface area contributed by atoms with E-state index in [4.69, 9.17) is 0 Å². The van der Waals surface area contributed by atoms with Crippen LogP contribution < -0.4 is 4.72 Å². The molecular formula is C23H23N3O3S2. The molecule has 0 bridgehead atoms. The lowest BCUT2D eigenvalue weighted by Crippen LogP contribution is -2.14. The zero-order chi connectivity index (χ0) is 22.2. The minimum absolute atomic E-state index is 0.0235. The molecule has 6 nitrogen and oxygen atoms in total. The Labute approximate surface area is 185 Å². The van der Waals surface area contributed by atoms with Gasteiger partial charge in [-0.3, -0.25) is 13.9 Å². The SMILES string of the molecule is Cc1ccc(S(=O)(=O)Nc2ccccc2CCC(=O)c2cnc3sc(C)c(C)n23)cc1. The van der Waals surface area contributed by atoms with E-state index in [0.717, 1.165) is 26.7 Å². The van der Waals surface area contributed by atoms with Gasteiger partial charge in [0, 0.05) is 17.0 Å². The summed E-state index contributed by atoms with van der Waals surface area (Å²) in [6.45, 7) is 5.90. The number of aromatic nitrogens is 2. The highest BCUT2D eigenvalue weighted by molar-refractivity contribution is 7.92. The van der Waals surface area contributed by atoms with Gasteiger partial charge in [-0.25, -0.2) is 13.4 Å². The highest BCUT2D eigenvalue weighted by Crippen LogP contribution is 2.25. The number of thiazole rings is 1. The average molecular weight is 454 g/mol. The standard InChI is InChI=1S/C23H23N3O3S2/c1-15-8-11-19(12-9-15)31(28,29)25-20-7-5-4-6-18(20)10-13-22(27)21-14-24-23-26(21)16(2)17(3)30-23/h4-9,11-12,14,25H,10,13H2,1-3H3. The number of sulfonamides is 1. The Bertz CT molecular complexity index is 1370. The van der Waals surface area contributed by atoms with E-state index in [1.807, 2.05) is 37.3 Å². The number of para-hydroxylation sites is 1. The van der Waals surface area contributed by atoms with Gasteiger partial charge in [0.1, 0.15) is 5.69 Å². The van der Waals surface area contributed by atoms with Gasteiger partial charge in [0.2, 0.25) is 0 Å². The Morgan fingerprint density at radius 3 is 2.52 bits per heavy atom. The number of carbonyl (C=O) groups is 1. The zero-order valence-corrected chi connectivity index (χ0v) is 19.2. The van der Waals surface area contributed by atoms with Crippen molar-refractivity contribution in [1.29, 1.82) is 0 Å². The normalized spacial score (nSPS) is 11.7. The Morgan fingerprint density at radius 1 is 1.06 bits per heavy atom. The molecule has 2 heterocycles. The van der Waals surface area contributed by atoms with Crippen LogP contribution in [0, 0.1) is 20.8 Å². The number of hydrogen-bond donors (Lipinski definition) is 1. The summed E-state index contributed by atoms with van der Waals surface area (Å²) in [7, 11) is -3.71. The van der Waals surface area contributed by atoms with E-state index >= 15 is 0 Å². The summed E-state index contributed by atoms with van der Waals surface area (Å²) in [4.78, 5) is 19.4. The number of fused-ring (bicyclic) bond motifs is 1. The van der Waals surface area contributed by atoms with Gasteiger partial charge in [0.25, 0.3) is 10.0 Å². The maximum Gasteiger partial charge on any atom is 0.261 e. The molecule has 0 aliphatic heterocycles. The van der Waals surface area contributed by atoms with Gasteiger partial charge in [-0.05, 0) is 51.0 Å². The Morgan fingerprint density at radius 2 is 1.77 bits per heavy atom. The van der Waals surface area contributed by atoms with Gasteiger partial charge in [-0.15, -0.1) is 11.3 Å². The van der Waals surface area contributed by atoms with Crippen LogP contribution in [0.3, 0.4) is 0 Å². The molecule has 0 unspecified atom stereocenters. The van der Waals surface area contributed by atoms with Crippen molar-refractivity contribution in [3.63, 3.8) is 0 Å². The van der Waals surface area contributed by atoms with E-state index in [-0.39, 0.29) is 17.1 Å². The van der Waals surface area contributed by atoms with E-state index in [9.17, 15) is 13.2 Å². The third-order valence-electron chi connectivity index (χ3n) is 5.32. The number of Topliss-reactive ketones (excluding diaryl/α,β-unsaturated/α-hetero) is 1. The minimum Gasteiger partial charge on any atom is -0.292 e. The zero-order valence-electron chi connectivity index (χ0n) is 17.5. The fourth-order valence-corrected chi connectivity index (χ4v) is 5.48. The summed E-state index contributed by atoms with van der Waals surface area (Å²) in [5, 5.41) is 0. The molecule has 0 aliphatic rings. The Kier molecular flexibility index (Phi) is 5.68. The van der Waals surface area contributed by atoms with Crippen LogP contribution in [0.1, 0.15) is 38.6 Å². The van der Waals surface area contributed by atoms with E-state index in [2.05, 4.69) is 9.71 Å².